The average molecular weight is 258 g/mol. The van der Waals surface area contributed by atoms with Gasteiger partial charge < -0.3 is 10.3 Å². The molecular formula is C17H26N2. The molecule has 4 aliphatic carbocycles. The van der Waals surface area contributed by atoms with Gasteiger partial charge >= 0.3 is 0 Å². The van der Waals surface area contributed by atoms with Crippen LogP contribution in [0.15, 0.2) is 24.5 Å². The van der Waals surface area contributed by atoms with Crippen LogP contribution in [0.2, 0.25) is 0 Å². The van der Waals surface area contributed by atoms with Crippen LogP contribution in [0.25, 0.3) is 0 Å². The van der Waals surface area contributed by atoms with E-state index in [4.69, 9.17) is 5.73 Å². The van der Waals surface area contributed by atoms with Crippen LogP contribution >= 0.6 is 0 Å². The van der Waals surface area contributed by atoms with Crippen LogP contribution < -0.4 is 5.73 Å². The van der Waals surface area contributed by atoms with Gasteiger partial charge in [0.25, 0.3) is 0 Å². The summed E-state index contributed by atoms with van der Waals surface area (Å²) in [4.78, 5) is 0. The summed E-state index contributed by atoms with van der Waals surface area (Å²) in [6.45, 7) is 3.18. The molecule has 4 aliphatic rings. The van der Waals surface area contributed by atoms with Crippen molar-refractivity contribution >= 4 is 0 Å². The summed E-state index contributed by atoms with van der Waals surface area (Å²) < 4.78 is 2.40. The number of hydrogen-bond acceptors (Lipinski definition) is 1. The van der Waals surface area contributed by atoms with E-state index in [-0.39, 0.29) is 5.54 Å². The van der Waals surface area contributed by atoms with Gasteiger partial charge in [0.1, 0.15) is 0 Å². The zero-order valence-electron chi connectivity index (χ0n) is 12.0. The van der Waals surface area contributed by atoms with Gasteiger partial charge in [-0.3, -0.25) is 0 Å². The van der Waals surface area contributed by atoms with Crippen LogP contribution in [0.4, 0.5) is 0 Å². The molecule has 4 saturated carbocycles. The minimum absolute atomic E-state index is 0.131. The van der Waals surface area contributed by atoms with Crippen molar-refractivity contribution in [2.75, 3.05) is 6.54 Å². The zero-order valence-corrected chi connectivity index (χ0v) is 12.0. The summed E-state index contributed by atoms with van der Waals surface area (Å²) in [5.41, 5.74) is 6.39. The van der Waals surface area contributed by atoms with Crippen LogP contribution in [0.5, 0.6) is 0 Å². The van der Waals surface area contributed by atoms with Gasteiger partial charge in [-0.25, -0.2) is 0 Å². The number of aromatic nitrogens is 1. The fraction of sp³-hybridized carbons (Fsp3) is 0.765. The second-order valence-corrected chi connectivity index (χ2v) is 7.61. The highest BCUT2D eigenvalue weighted by Gasteiger charge is 2.54. The summed E-state index contributed by atoms with van der Waals surface area (Å²) in [6, 6.07) is 4.29. The molecule has 2 N–H and O–H groups in total. The Kier molecular flexibility index (Phi) is 2.60. The van der Waals surface area contributed by atoms with Gasteiger partial charge in [0.05, 0.1) is 5.54 Å². The molecule has 0 radical (unpaired) electrons. The molecule has 0 aromatic carbocycles. The summed E-state index contributed by atoms with van der Waals surface area (Å²) >= 11 is 0. The highest BCUT2D eigenvalue weighted by Crippen LogP contribution is 2.60. The molecule has 0 aliphatic heterocycles. The Hall–Kier alpha value is -0.760. The second kappa shape index (κ2) is 4.12. The van der Waals surface area contributed by atoms with Gasteiger partial charge in [0, 0.05) is 18.9 Å². The smallest absolute Gasteiger partial charge is 0.0567 e. The summed E-state index contributed by atoms with van der Waals surface area (Å²) in [5, 5.41) is 0. The molecule has 2 heteroatoms. The van der Waals surface area contributed by atoms with E-state index in [0.717, 1.165) is 36.1 Å². The molecular weight excluding hydrogens is 232 g/mol. The van der Waals surface area contributed by atoms with Crippen LogP contribution in [-0.4, -0.2) is 11.1 Å². The predicted molar refractivity (Wildman–Crippen MR) is 77.7 cm³/mol. The standard InChI is InChI=1S/C17H26N2/c1-17(11-18,19-4-2-3-5-19)16-14-7-12-6-13(9-14)10-15(16)8-12/h2-5,12-16H,6-11,18H2,1H3. The maximum absolute atomic E-state index is 6.26. The molecule has 4 fully saturated rings. The first-order chi connectivity index (χ1) is 9.20. The Labute approximate surface area is 116 Å². The van der Waals surface area contributed by atoms with Gasteiger partial charge in [0.15, 0.2) is 0 Å². The Morgan fingerprint density at radius 3 is 2.00 bits per heavy atom. The molecule has 1 aromatic heterocycles. The van der Waals surface area contributed by atoms with Crippen molar-refractivity contribution in [3.8, 4) is 0 Å². The SMILES string of the molecule is CC(CN)(C1C2CC3CC(C2)CC1C3)n1cccc1. The lowest BCUT2D eigenvalue weighted by Gasteiger charge is -2.59. The van der Waals surface area contributed by atoms with E-state index in [0.29, 0.717) is 0 Å². The lowest BCUT2D eigenvalue weighted by molar-refractivity contribution is -0.0839. The van der Waals surface area contributed by atoms with Gasteiger partial charge in [-0.2, -0.15) is 0 Å². The summed E-state index contributed by atoms with van der Waals surface area (Å²) in [5.74, 6) is 4.77. The van der Waals surface area contributed by atoms with E-state index in [1.807, 2.05) is 0 Å². The van der Waals surface area contributed by atoms with Crippen LogP contribution in [0.3, 0.4) is 0 Å². The fourth-order valence-corrected chi connectivity index (χ4v) is 6.03. The third-order valence-corrected chi connectivity index (χ3v) is 6.55. The highest BCUT2D eigenvalue weighted by atomic mass is 15.1. The summed E-state index contributed by atoms with van der Waals surface area (Å²) in [7, 11) is 0. The number of nitrogens with zero attached hydrogens (tertiary/aromatic N) is 1. The quantitative estimate of drug-likeness (QED) is 0.886. The molecule has 104 valence electrons. The zero-order chi connectivity index (χ0) is 13.0. The van der Waals surface area contributed by atoms with E-state index < -0.39 is 0 Å². The first-order valence-electron chi connectivity index (χ1n) is 8.04. The first kappa shape index (κ1) is 12.0. The Morgan fingerprint density at radius 1 is 1.00 bits per heavy atom. The maximum atomic E-state index is 6.26. The molecule has 4 bridgehead atoms. The van der Waals surface area contributed by atoms with E-state index >= 15 is 0 Å². The van der Waals surface area contributed by atoms with E-state index in [1.54, 1.807) is 0 Å². The fourth-order valence-electron chi connectivity index (χ4n) is 6.03. The van der Waals surface area contributed by atoms with Crippen molar-refractivity contribution in [1.29, 1.82) is 0 Å². The van der Waals surface area contributed by atoms with Crippen molar-refractivity contribution in [1.82, 2.24) is 4.57 Å². The molecule has 5 rings (SSSR count). The number of rotatable bonds is 3. The third kappa shape index (κ3) is 1.65. The lowest BCUT2D eigenvalue weighted by atomic mass is 9.48. The molecule has 0 amide bonds. The molecule has 2 nitrogen and oxygen atoms in total. The topological polar surface area (TPSA) is 30.9 Å². The van der Waals surface area contributed by atoms with Gasteiger partial charge in [0.2, 0.25) is 0 Å². The molecule has 0 saturated heterocycles. The number of hydrogen-bond donors (Lipinski definition) is 1. The van der Waals surface area contributed by atoms with E-state index in [9.17, 15) is 0 Å². The van der Waals surface area contributed by atoms with Crippen LogP contribution in [0.1, 0.15) is 39.0 Å². The Balaban J connectivity index is 1.71. The molecule has 1 unspecified atom stereocenters. The molecule has 0 spiro atoms. The minimum atomic E-state index is 0.131. The predicted octanol–water partition coefficient (Wildman–Crippen LogP) is 3.23. The van der Waals surface area contributed by atoms with Gasteiger partial charge in [-0.05, 0) is 80.8 Å². The van der Waals surface area contributed by atoms with Gasteiger partial charge in [-0.1, -0.05) is 0 Å². The Bertz CT molecular complexity index is 422. The van der Waals surface area contributed by atoms with Crippen molar-refractivity contribution in [3.05, 3.63) is 24.5 Å². The van der Waals surface area contributed by atoms with Gasteiger partial charge in [-0.15, -0.1) is 0 Å². The molecule has 1 aromatic rings. The average Bonchev–Trinajstić information content (AvgIpc) is 2.91. The van der Waals surface area contributed by atoms with Crippen LogP contribution in [0, 0.1) is 29.6 Å². The maximum Gasteiger partial charge on any atom is 0.0567 e. The van der Waals surface area contributed by atoms with Crippen molar-refractivity contribution < 1.29 is 0 Å². The van der Waals surface area contributed by atoms with Crippen molar-refractivity contribution in [2.45, 2.75) is 44.6 Å². The molecule has 1 heterocycles. The lowest BCUT2D eigenvalue weighted by Crippen LogP contribution is -2.57. The summed E-state index contributed by atoms with van der Waals surface area (Å²) in [6.07, 6.45) is 11.9. The number of nitrogens with two attached hydrogens (primary N) is 1. The van der Waals surface area contributed by atoms with E-state index in [2.05, 4.69) is 36.0 Å². The largest absolute Gasteiger partial charge is 0.347 e. The second-order valence-electron chi connectivity index (χ2n) is 7.61. The van der Waals surface area contributed by atoms with Crippen molar-refractivity contribution in [3.63, 3.8) is 0 Å². The molecule has 19 heavy (non-hydrogen) atoms. The first-order valence-corrected chi connectivity index (χ1v) is 8.04. The van der Waals surface area contributed by atoms with Crippen molar-refractivity contribution in [2.24, 2.45) is 35.3 Å². The minimum Gasteiger partial charge on any atom is -0.347 e. The van der Waals surface area contributed by atoms with Crippen LogP contribution in [-0.2, 0) is 5.54 Å². The highest BCUT2D eigenvalue weighted by molar-refractivity contribution is 5.08. The monoisotopic (exact) mass is 258 g/mol. The third-order valence-electron chi connectivity index (χ3n) is 6.55. The Morgan fingerprint density at radius 2 is 1.53 bits per heavy atom. The molecule has 1 atom stereocenters. The normalized spacial score (nSPS) is 43.4. The van der Waals surface area contributed by atoms with E-state index in [1.165, 1.54) is 32.1 Å².